The number of ether oxygens (including phenoxy) is 1. The van der Waals surface area contributed by atoms with E-state index in [1.807, 2.05) is 0 Å². The van der Waals surface area contributed by atoms with Gasteiger partial charge in [0.05, 0.1) is 12.9 Å². The van der Waals surface area contributed by atoms with Crippen molar-refractivity contribution in [3.05, 3.63) is 12.7 Å². The first-order valence-electron chi connectivity index (χ1n) is 4.87. The van der Waals surface area contributed by atoms with Crippen molar-refractivity contribution in [1.82, 2.24) is 19.5 Å². The first-order valence-corrected chi connectivity index (χ1v) is 4.87. The molecule has 3 heterocycles. The van der Waals surface area contributed by atoms with E-state index >= 15 is 0 Å². The van der Waals surface area contributed by atoms with Gasteiger partial charge in [-0.2, -0.15) is 0 Å². The Labute approximate surface area is 90.3 Å². The van der Waals surface area contributed by atoms with E-state index in [1.165, 1.54) is 6.33 Å². The predicted octanol–water partition coefficient (Wildman–Crippen LogP) is -0.104. The number of hydrogen-bond acceptors (Lipinski definition) is 6. The molecule has 1 saturated heterocycles. The number of nitrogen functional groups attached to an aromatic ring is 1. The Balaban J connectivity index is 2.17. The van der Waals surface area contributed by atoms with E-state index in [9.17, 15) is 4.79 Å². The summed E-state index contributed by atoms with van der Waals surface area (Å²) in [5.41, 5.74) is 6.74. The molecule has 82 valence electrons. The number of cyclic esters (lactones) is 1. The highest BCUT2D eigenvalue weighted by molar-refractivity contribution is 5.84. The predicted molar refractivity (Wildman–Crippen MR) is 54.3 cm³/mol. The van der Waals surface area contributed by atoms with Crippen molar-refractivity contribution in [2.24, 2.45) is 0 Å². The van der Waals surface area contributed by atoms with Gasteiger partial charge in [-0.05, 0) is 0 Å². The second-order valence-electron chi connectivity index (χ2n) is 3.55. The van der Waals surface area contributed by atoms with Crippen molar-refractivity contribution in [3.8, 4) is 0 Å². The fourth-order valence-electron chi connectivity index (χ4n) is 1.84. The maximum atomic E-state index is 11.5. The van der Waals surface area contributed by atoms with Gasteiger partial charge in [0.1, 0.15) is 17.9 Å². The fraction of sp³-hybridized carbons (Fsp3) is 0.333. The highest BCUT2D eigenvalue weighted by Crippen LogP contribution is 2.25. The van der Waals surface area contributed by atoms with Crippen LogP contribution >= 0.6 is 0 Å². The van der Waals surface area contributed by atoms with Gasteiger partial charge >= 0.3 is 5.97 Å². The Bertz CT molecular complexity index is 564. The molecule has 0 bridgehead atoms. The van der Waals surface area contributed by atoms with E-state index in [0.29, 0.717) is 30.0 Å². The lowest BCUT2D eigenvalue weighted by molar-refractivity contribution is -0.140. The lowest BCUT2D eigenvalue weighted by atomic mass is 10.2. The molecule has 7 heteroatoms. The summed E-state index contributed by atoms with van der Waals surface area (Å²) in [6.45, 7) is 0.434. The zero-order valence-electron chi connectivity index (χ0n) is 8.33. The molecule has 1 atom stereocenters. The first kappa shape index (κ1) is 9.08. The van der Waals surface area contributed by atoms with Gasteiger partial charge in [-0.3, -0.25) is 0 Å². The average Bonchev–Trinajstić information content (AvgIpc) is 2.84. The smallest absolute Gasteiger partial charge is 0.329 e. The van der Waals surface area contributed by atoms with Crippen molar-refractivity contribution in [1.29, 1.82) is 0 Å². The van der Waals surface area contributed by atoms with Crippen molar-refractivity contribution < 1.29 is 9.53 Å². The molecule has 2 aromatic rings. The first-order chi connectivity index (χ1) is 7.77. The topological polar surface area (TPSA) is 95.9 Å². The lowest BCUT2D eigenvalue weighted by Gasteiger charge is -2.07. The van der Waals surface area contributed by atoms with Crippen LogP contribution in [0.25, 0.3) is 11.2 Å². The van der Waals surface area contributed by atoms with Gasteiger partial charge < -0.3 is 15.0 Å². The van der Waals surface area contributed by atoms with Crippen LogP contribution in [0.4, 0.5) is 5.82 Å². The molecular weight excluding hydrogens is 210 g/mol. The van der Waals surface area contributed by atoms with Gasteiger partial charge in [0.2, 0.25) is 0 Å². The summed E-state index contributed by atoms with van der Waals surface area (Å²) < 4.78 is 6.59. The van der Waals surface area contributed by atoms with Crippen LogP contribution < -0.4 is 5.73 Å². The number of aromatic nitrogens is 4. The molecule has 2 N–H and O–H groups in total. The third kappa shape index (κ3) is 1.14. The Morgan fingerprint density at radius 3 is 3.06 bits per heavy atom. The Kier molecular flexibility index (Phi) is 1.79. The number of fused-ring (bicyclic) bond motifs is 1. The fourth-order valence-corrected chi connectivity index (χ4v) is 1.84. The van der Waals surface area contributed by atoms with Crippen LogP contribution in [0.15, 0.2) is 12.7 Å². The molecule has 0 amide bonds. The van der Waals surface area contributed by atoms with Crippen LogP contribution in [0.5, 0.6) is 0 Å². The van der Waals surface area contributed by atoms with Gasteiger partial charge in [-0.15, -0.1) is 0 Å². The molecule has 3 rings (SSSR count). The Morgan fingerprint density at radius 2 is 2.31 bits per heavy atom. The van der Waals surface area contributed by atoms with Crippen molar-refractivity contribution in [2.45, 2.75) is 12.5 Å². The van der Waals surface area contributed by atoms with Crippen LogP contribution in [-0.4, -0.2) is 32.1 Å². The average molecular weight is 219 g/mol. The Hall–Kier alpha value is -2.18. The van der Waals surface area contributed by atoms with Crippen LogP contribution in [0.2, 0.25) is 0 Å². The van der Waals surface area contributed by atoms with Crippen molar-refractivity contribution >= 4 is 23.0 Å². The summed E-state index contributed by atoms with van der Waals surface area (Å²) in [4.78, 5) is 23.5. The number of nitrogens with two attached hydrogens (primary N) is 1. The molecule has 0 radical (unpaired) electrons. The number of imidazole rings is 1. The van der Waals surface area contributed by atoms with Gasteiger partial charge in [0, 0.05) is 6.42 Å². The van der Waals surface area contributed by atoms with Crippen LogP contribution in [0.3, 0.4) is 0 Å². The summed E-state index contributed by atoms with van der Waals surface area (Å²) in [5.74, 6) is 0.0617. The molecule has 0 aromatic carbocycles. The minimum atomic E-state index is -0.348. The number of hydrogen-bond donors (Lipinski definition) is 1. The number of carbonyl (C=O) groups excluding carboxylic acids is 1. The molecule has 1 unspecified atom stereocenters. The number of esters is 1. The second kappa shape index (κ2) is 3.16. The number of carbonyl (C=O) groups is 1. The van der Waals surface area contributed by atoms with E-state index in [-0.39, 0.29) is 12.0 Å². The van der Waals surface area contributed by atoms with Gasteiger partial charge in [-0.1, -0.05) is 0 Å². The zero-order valence-corrected chi connectivity index (χ0v) is 8.33. The van der Waals surface area contributed by atoms with Crippen LogP contribution in [0.1, 0.15) is 12.5 Å². The molecule has 7 nitrogen and oxygen atoms in total. The van der Waals surface area contributed by atoms with E-state index < -0.39 is 0 Å². The Morgan fingerprint density at radius 1 is 1.44 bits per heavy atom. The zero-order chi connectivity index (χ0) is 11.1. The molecule has 1 fully saturated rings. The highest BCUT2D eigenvalue weighted by Gasteiger charge is 2.29. The summed E-state index contributed by atoms with van der Waals surface area (Å²) in [7, 11) is 0. The van der Waals surface area contributed by atoms with Gasteiger partial charge in [0.15, 0.2) is 11.5 Å². The summed E-state index contributed by atoms with van der Waals surface area (Å²) in [6.07, 6.45) is 3.54. The third-order valence-corrected chi connectivity index (χ3v) is 2.63. The number of nitrogens with zero attached hydrogens (tertiary/aromatic N) is 4. The molecular formula is C9H9N5O2. The largest absolute Gasteiger partial charge is 0.464 e. The third-order valence-electron chi connectivity index (χ3n) is 2.63. The number of anilines is 1. The lowest BCUT2D eigenvalue weighted by Crippen LogP contribution is -2.13. The summed E-state index contributed by atoms with van der Waals surface area (Å²) >= 11 is 0. The van der Waals surface area contributed by atoms with Crippen LogP contribution in [-0.2, 0) is 9.53 Å². The quantitative estimate of drug-likeness (QED) is 0.672. The normalized spacial score (nSPS) is 20.2. The molecule has 0 spiro atoms. The highest BCUT2D eigenvalue weighted by atomic mass is 16.5. The molecule has 16 heavy (non-hydrogen) atoms. The van der Waals surface area contributed by atoms with Gasteiger partial charge in [0.25, 0.3) is 0 Å². The summed E-state index contributed by atoms with van der Waals surface area (Å²) in [6, 6.07) is -0.348. The molecule has 0 aliphatic carbocycles. The van der Waals surface area contributed by atoms with Crippen LogP contribution in [0, 0.1) is 0 Å². The van der Waals surface area contributed by atoms with Crippen molar-refractivity contribution in [3.63, 3.8) is 0 Å². The van der Waals surface area contributed by atoms with E-state index in [1.54, 1.807) is 10.9 Å². The molecule has 1 aliphatic rings. The number of rotatable bonds is 1. The monoisotopic (exact) mass is 219 g/mol. The van der Waals surface area contributed by atoms with E-state index in [0.717, 1.165) is 0 Å². The maximum Gasteiger partial charge on any atom is 0.329 e. The van der Waals surface area contributed by atoms with E-state index in [2.05, 4.69) is 15.0 Å². The van der Waals surface area contributed by atoms with E-state index in [4.69, 9.17) is 10.5 Å². The molecule has 0 saturated carbocycles. The molecule has 1 aliphatic heterocycles. The summed E-state index contributed by atoms with van der Waals surface area (Å²) in [5, 5.41) is 0. The minimum Gasteiger partial charge on any atom is -0.464 e. The molecule has 2 aromatic heterocycles. The maximum absolute atomic E-state index is 11.5. The standard InChI is InChI=1S/C9H9N5O2/c10-7-6-8(12-3-11-7)14(4-13-6)5-1-2-16-9(5)15/h3-5H,1-2H2,(H2,10,11,12). The SMILES string of the molecule is Nc1ncnc2c1ncn2C1CCOC1=O. The minimum absolute atomic E-state index is 0.253. The van der Waals surface area contributed by atoms with Gasteiger partial charge in [-0.25, -0.2) is 19.7 Å². The second-order valence-corrected chi connectivity index (χ2v) is 3.55. The van der Waals surface area contributed by atoms with Crippen molar-refractivity contribution in [2.75, 3.05) is 12.3 Å².